The Morgan fingerprint density at radius 2 is 2.33 bits per heavy atom. The van der Waals surface area contributed by atoms with Crippen LogP contribution in [0.15, 0.2) is 37.1 Å². The standard InChI is InChI=1S/C15H18N4O2/c20-9-12-2-1-3-13(12)18-15(21)11-4-5-14(17-8-11)19-7-6-16-10-19/h4-8,10,12-13,20H,1-3,9H2,(H,18,21). The summed E-state index contributed by atoms with van der Waals surface area (Å²) in [6.45, 7) is 0.128. The van der Waals surface area contributed by atoms with E-state index in [1.165, 1.54) is 0 Å². The number of hydrogen-bond acceptors (Lipinski definition) is 4. The topological polar surface area (TPSA) is 80.0 Å². The van der Waals surface area contributed by atoms with Crippen molar-refractivity contribution in [3.63, 3.8) is 0 Å². The molecule has 1 aliphatic carbocycles. The van der Waals surface area contributed by atoms with Gasteiger partial charge in [-0.3, -0.25) is 9.36 Å². The maximum Gasteiger partial charge on any atom is 0.253 e. The first-order chi connectivity index (χ1) is 10.3. The van der Waals surface area contributed by atoms with Gasteiger partial charge in [0.15, 0.2) is 0 Å². The molecule has 1 saturated carbocycles. The fraction of sp³-hybridized carbons (Fsp3) is 0.400. The molecule has 0 spiro atoms. The van der Waals surface area contributed by atoms with E-state index < -0.39 is 0 Å². The van der Waals surface area contributed by atoms with Crippen LogP contribution in [0.2, 0.25) is 0 Å². The molecule has 1 aliphatic rings. The molecule has 2 unspecified atom stereocenters. The summed E-state index contributed by atoms with van der Waals surface area (Å²) in [5.74, 6) is 0.760. The summed E-state index contributed by atoms with van der Waals surface area (Å²) in [7, 11) is 0. The van der Waals surface area contributed by atoms with E-state index in [0.717, 1.165) is 25.1 Å². The second-order valence-electron chi connectivity index (χ2n) is 5.33. The summed E-state index contributed by atoms with van der Waals surface area (Å²) in [4.78, 5) is 20.4. The van der Waals surface area contributed by atoms with Gasteiger partial charge in [-0.2, -0.15) is 0 Å². The molecule has 21 heavy (non-hydrogen) atoms. The van der Waals surface area contributed by atoms with E-state index in [1.54, 1.807) is 41.6 Å². The van der Waals surface area contributed by atoms with Crippen molar-refractivity contribution in [3.05, 3.63) is 42.6 Å². The normalized spacial score (nSPS) is 21.4. The zero-order chi connectivity index (χ0) is 14.7. The van der Waals surface area contributed by atoms with Gasteiger partial charge in [0.1, 0.15) is 12.1 Å². The van der Waals surface area contributed by atoms with E-state index in [-0.39, 0.29) is 24.5 Å². The van der Waals surface area contributed by atoms with E-state index in [1.807, 2.05) is 0 Å². The number of carbonyl (C=O) groups is 1. The van der Waals surface area contributed by atoms with E-state index in [2.05, 4.69) is 15.3 Å². The molecule has 2 atom stereocenters. The summed E-state index contributed by atoms with van der Waals surface area (Å²) in [5, 5.41) is 12.3. The second-order valence-corrected chi connectivity index (χ2v) is 5.33. The number of hydrogen-bond donors (Lipinski definition) is 2. The third-order valence-corrected chi connectivity index (χ3v) is 3.99. The average molecular weight is 286 g/mol. The predicted octanol–water partition coefficient (Wildman–Crippen LogP) is 1.16. The summed E-state index contributed by atoms with van der Waals surface area (Å²) in [6, 6.07) is 3.60. The smallest absolute Gasteiger partial charge is 0.253 e. The zero-order valence-corrected chi connectivity index (χ0v) is 11.6. The number of aliphatic hydroxyl groups is 1. The second kappa shape index (κ2) is 6.05. The molecule has 1 fully saturated rings. The number of carbonyl (C=O) groups excluding carboxylic acids is 1. The van der Waals surface area contributed by atoms with Crippen molar-refractivity contribution in [1.29, 1.82) is 0 Å². The number of nitrogens with zero attached hydrogens (tertiary/aromatic N) is 3. The van der Waals surface area contributed by atoms with E-state index in [4.69, 9.17) is 0 Å². The molecular weight excluding hydrogens is 268 g/mol. The number of rotatable bonds is 4. The van der Waals surface area contributed by atoms with Gasteiger partial charge in [-0.25, -0.2) is 9.97 Å². The maximum absolute atomic E-state index is 12.2. The molecular formula is C15H18N4O2. The van der Waals surface area contributed by atoms with Crippen molar-refractivity contribution < 1.29 is 9.90 Å². The van der Waals surface area contributed by atoms with Gasteiger partial charge in [-0.15, -0.1) is 0 Å². The van der Waals surface area contributed by atoms with E-state index in [0.29, 0.717) is 5.56 Å². The third kappa shape index (κ3) is 2.95. The Morgan fingerprint density at radius 1 is 1.43 bits per heavy atom. The highest BCUT2D eigenvalue weighted by atomic mass is 16.3. The number of imidazole rings is 1. The molecule has 2 aromatic rings. The van der Waals surface area contributed by atoms with Crippen LogP contribution in [0.25, 0.3) is 5.82 Å². The minimum absolute atomic E-state index is 0.0656. The number of aromatic nitrogens is 3. The van der Waals surface area contributed by atoms with Crippen molar-refractivity contribution in [2.45, 2.75) is 25.3 Å². The Kier molecular flexibility index (Phi) is 3.96. The molecule has 1 amide bonds. The van der Waals surface area contributed by atoms with Gasteiger partial charge in [0.25, 0.3) is 5.91 Å². The Hall–Kier alpha value is -2.21. The molecule has 0 bridgehead atoms. The Balaban J connectivity index is 1.68. The number of aliphatic hydroxyl groups excluding tert-OH is 1. The Labute approximate surface area is 122 Å². The molecule has 110 valence electrons. The molecule has 2 aromatic heterocycles. The van der Waals surface area contributed by atoms with Crippen molar-refractivity contribution in [3.8, 4) is 5.82 Å². The van der Waals surface area contributed by atoms with Crippen LogP contribution in [-0.4, -0.2) is 38.2 Å². The van der Waals surface area contributed by atoms with Gasteiger partial charge < -0.3 is 10.4 Å². The lowest BCUT2D eigenvalue weighted by molar-refractivity contribution is 0.0915. The van der Waals surface area contributed by atoms with Crippen LogP contribution in [0.5, 0.6) is 0 Å². The third-order valence-electron chi connectivity index (χ3n) is 3.99. The van der Waals surface area contributed by atoms with Gasteiger partial charge in [-0.1, -0.05) is 6.42 Å². The van der Waals surface area contributed by atoms with Crippen LogP contribution in [0.3, 0.4) is 0 Å². The van der Waals surface area contributed by atoms with Gasteiger partial charge >= 0.3 is 0 Å². The van der Waals surface area contributed by atoms with Gasteiger partial charge in [0.2, 0.25) is 0 Å². The largest absolute Gasteiger partial charge is 0.396 e. The van der Waals surface area contributed by atoms with Crippen LogP contribution in [0, 0.1) is 5.92 Å². The van der Waals surface area contributed by atoms with Gasteiger partial charge in [0, 0.05) is 37.2 Å². The van der Waals surface area contributed by atoms with Crippen LogP contribution in [0.4, 0.5) is 0 Å². The van der Waals surface area contributed by atoms with Crippen LogP contribution in [0.1, 0.15) is 29.6 Å². The lowest BCUT2D eigenvalue weighted by Crippen LogP contribution is -2.38. The average Bonchev–Trinajstić information content (AvgIpc) is 3.18. The highest BCUT2D eigenvalue weighted by molar-refractivity contribution is 5.94. The molecule has 3 rings (SSSR count). The summed E-state index contributed by atoms with van der Waals surface area (Å²) < 4.78 is 1.78. The predicted molar refractivity (Wildman–Crippen MR) is 77.0 cm³/mol. The molecule has 0 aromatic carbocycles. The zero-order valence-electron chi connectivity index (χ0n) is 11.6. The van der Waals surface area contributed by atoms with Crippen molar-refractivity contribution in [2.24, 2.45) is 5.92 Å². The van der Waals surface area contributed by atoms with Crippen molar-refractivity contribution >= 4 is 5.91 Å². The molecule has 6 nitrogen and oxygen atoms in total. The summed E-state index contributed by atoms with van der Waals surface area (Å²) >= 11 is 0. The van der Waals surface area contributed by atoms with Crippen LogP contribution in [-0.2, 0) is 0 Å². The molecule has 2 N–H and O–H groups in total. The fourth-order valence-electron chi connectivity index (χ4n) is 2.76. The lowest BCUT2D eigenvalue weighted by Gasteiger charge is -2.18. The minimum atomic E-state index is -0.134. The minimum Gasteiger partial charge on any atom is -0.396 e. The monoisotopic (exact) mass is 286 g/mol. The molecule has 0 saturated heterocycles. The lowest BCUT2D eigenvalue weighted by atomic mass is 10.0. The Morgan fingerprint density at radius 3 is 3.00 bits per heavy atom. The van der Waals surface area contributed by atoms with E-state index >= 15 is 0 Å². The number of amides is 1. The fourth-order valence-corrected chi connectivity index (χ4v) is 2.76. The molecule has 0 radical (unpaired) electrons. The highest BCUT2D eigenvalue weighted by Crippen LogP contribution is 2.25. The first-order valence-electron chi connectivity index (χ1n) is 7.14. The number of nitrogens with one attached hydrogen (secondary N) is 1. The highest BCUT2D eigenvalue weighted by Gasteiger charge is 2.28. The van der Waals surface area contributed by atoms with E-state index in [9.17, 15) is 9.90 Å². The number of pyridine rings is 1. The summed E-state index contributed by atoms with van der Waals surface area (Å²) in [6.07, 6.45) is 9.65. The Bertz CT molecular complexity index is 595. The van der Waals surface area contributed by atoms with Gasteiger partial charge in [-0.05, 0) is 25.0 Å². The maximum atomic E-state index is 12.2. The molecule has 6 heteroatoms. The van der Waals surface area contributed by atoms with Gasteiger partial charge in [0.05, 0.1) is 5.56 Å². The van der Waals surface area contributed by atoms with Crippen LogP contribution >= 0.6 is 0 Å². The van der Waals surface area contributed by atoms with Crippen molar-refractivity contribution in [1.82, 2.24) is 19.9 Å². The first-order valence-corrected chi connectivity index (χ1v) is 7.14. The van der Waals surface area contributed by atoms with Crippen LogP contribution < -0.4 is 5.32 Å². The quantitative estimate of drug-likeness (QED) is 0.884. The molecule has 2 heterocycles. The van der Waals surface area contributed by atoms with Crippen molar-refractivity contribution in [2.75, 3.05) is 6.61 Å². The molecule has 0 aliphatic heterocycles. The summed E-state index contributed by atoms with van der Waals surface area (Å²) in [5.41, 5.74) is 0.530. The SMILES string of the molecule is O=C(NC1CCCC1CO)c1ccc(-n2ccnc2)nc1. The first kappa shape index (κ1) is 13.8.